The Hall–Kier alpha value is -1.54. The van der Waals surface area contributed by atoms with Gasteiger partial charge in [-0.1, -0.05) is 22.9 Å². The second-order valence-corrected chi connectivity index (χ2v) is 6.41. The molecule has 2 N–H and O–H groups in total. The van der Waals surface area contributed by atoms with Crippen molar-refractivity contribution in [2.45, 2.75) is 38.1 Å². The number of nitriles is 1. The number of hydrogen-bond acceptors (Lipinski definition) is 3. The maximum Gasteiger partial charge on any atom is 0.329 e. The van der Waals surface area contributed by atoms with Gasteiger partial charge in [0.15, 0.2) is 0 Å². The monoisotopic (exact) mass is 336 g/mol. The summed E-state index contributed by atoms with van der Waals surface area (Å²) < 4.78 is 0.823. The zero-order chi connectivity index (χ0) is 14.8. The fraction of sp³-hybridized carbons (Fsp3) is 0.467. The molecule has 1 aliphatic rings. The highest BCUT2D eigenvalue weighted by Crippen LogP contribution is 2.36. The number of nitrogens with one attached hydrogen (secondary N) is 1. The van der Waals surface area contributed by atoms with E-state index in [1.807, 2.05) is 0 Å². The van der Waals surface area contributed by atoms with Crippen LogP contribution in [0.4, 0.5) is 5.69 Å². The summed E-state index contributed by atoms with van der Waals surface area (Å²) in [5, 5.41) is 21.9. The summed E-state index contributed by atoms with van der Waals surface area (Å²) in [5.41, 5.74) is 0.0881. The van der Waals surface area contributed by atoms with Gasteiger partial charge in [-0.3, -0.25) is 0 Å². The Labute approximate surface area is 126 Å². The van der Waals surface area contributed by atoms with Crippen LogP contribution >= 0.6 is 15.9 Å². The molecule has 1 fully saturated rings. The Morgan fingerprint density at radius 1 is 1.50 bits per heavy atom. The van der Waals surface area contributed by atoms with Crippen molar-refractivity contribution in [3.63, 3.8) is 0 Å². The second kappa shape index (κ2) is 5.84. The van der Waals surface area contributed by atoms with Crippen LogP contribution in [0.2, 0.25) is 0 Å². The molecular formula is C15H17BrN2O2. The number of carbonyl (C=O) groups is 1. The second-order valence-electron chi connectivity index (χ2n) is 5.50. The van der Waals surface area contributed by atoms with Crippen molar-refractivity contribution in [2.75, 3.05) is 5.32 Å². The molecule has 0 heterocycles. The van der Waals surface area contributed by atoms with Crippen molar-refractivity contribution in [1.82, 2.24) is 0 Å². The predicted molar refractivity (Wildman–Crippen MR) is 80.5 cm³/mol. The van der Waals surface area contributed by atoms with Crippen LogP contribution in [0, 0.1) is 17.2 Å². The minimum atomic E-state index is -0.959. The SMILES string of the molecule is CC1CCC(Nc2cc(Br)ccc2C#N)(C(=O)O)CC1. The summed E-state index contributed by atoms with van der Waals surface area (Å²) >= 11 is 3.36. The van der Waals surface area contributed by atoms with Crippen LogP contribution in [0.15, 0.2) is 22.7 Å². The number of aliphatic carboxylic acids is 1. The highest BCUT2D eigenvalue weighted by Gasteiger charge is 2.41. The lowest BCUT2D eigenvalue weighted by Gasteiger charge is -2.37. The van der Waals surface area contributed by atoms with Crippen molar-refractivity contribution < 1.29 is 9.90 Å². The summed E-state index contributed by atoms with van der Waals surface area (Å²) in [6, 6.07) is 7.33. The maximum absolute atomic E-state index is 11.7. The van der Waals surface area contributed by atoms with Gasteiger partial charge in [-0.2, -0.15) is 5.26 Å². The molecule has 1 aliphatic carbocycles. The van der Waals surface area contributed by atoms with Gasteiger partial charge < -0.3 is 10.4 Å². The highest BCUT2D eigenvalue weighted by molar-refractivity contribution is 9.10. The zero-order valence-corrected chi connectivity index (χ0v) is 12.9. The van der Waals surface area contributed by atoms with E-state index in [0.717, 1.165) is 17.3 Å². The van der Waals surface area contributed by atoms with E-state index in [9.17, 15) is 9.90 Å². The lowest BCUT2D eigenvalue weighted by Crippen LogP contribution is -2.49. The third-order valence-corrected chi connectivity index (χ3v) is 4.51. The first-order valence-electron chi connectivity index (χ1n) is 6.68. The van der Waals surface area contributed by atoms with E-state index >= 15 is 0 Å². The summed E-state index contributed by atoms with van der Waals surface area (Å²) in [6.07, 6.45) is 2.94. The predicted octanol–water partition coefficient (Wildman–Crippen LogP) is 3.77. The van der Waals surface area contributed by atoms with Crippen molar-refractivity contribution in [3.05, 3.63) is 28.2 Å². The molecule has 1 saturated carbocycles. The van der Waals surface area contributed by atoms with Crippen LogP contribution in [0.5, 0.6) is 0 Å². The first-order chi connectivity index (χ1) is 9.47. The normalized spacial score (nSPS) is 25.8. The molecule has 0 amide bonds. The van der Waals surface area contributed by atoms with Gasteiger partial charge in [-0.15, -0.1) is 0 Å². The van der Waals surface area contributed by atoms with Crippen LogP contribution in [-0.4, -0.2) is 16.6 Å². The van der Waals surface area contributed by atoms with Crippen LogP contribution in [0.1, 0.15) is 38.2 Å². The Balaban J connectivity index is 2.32. The maximum atomic E-state index is 11.7. The molecule has 1 aromatic carbocycles. The third kappa shape index (κ3) is 2.96. The van der Waals surface area contributed by atoms with Crippen LogP contribution in [0.3, 0.4) is 0 Å². The fourth-order valence-electron chi connectivity index (χ4n) is 2.62. The first kappa shape index (κ1) is 14.9. The number of halogens is 1. The molecule has 0 aromatic heterocycles. The molecule has 106 valence electrons. The van der Waals surface area contributed by atoms with Crippen molar-refractivity contribution in [2.24, 2.45) is 5.92 Å². The molecule has 0 unspecified atom stereocenters. The molecule has 0 saturated heterocycles. The van der Waals surface area contributed by atoms with Gasteiger partial charge in [0, 0.05) is 4.47 Å². The molecule has 2 rings (SSSR count). The first-order valence-corrected chi connectivity index (χ1v) is 7.47. The standard InChI is InChI=1S/C15H17BrN2O2/c1-10-4-6-15(7-5-10,14(19)20)18-13-8-12(16)3-2-11(13)9-17/h2-3,8,10,18H,4-7H2,1H3,(H,19,20). The van der Waals surface area contributed by atoms with Gasteiger partial charge in [0.2, 0.25) is 0 Å². The fourth-order valence-corrected chi connectivity index (χ4v) is 2.98. The summed E-state index contributed by atoms with van der Waals surface area (Å²) in [6.45, 7) is 2.14. The number of rotatable bonds is 3. The number of hydrogen-bond donors (Lipinski definition) is 2. The van der Waals surface area contributed by atoms with Gasteiger partial charge in [0.1, 0.15) is 11.6 Å². The quantitative estimate of drug-likeness (QED) is 0.881. The van der Waals surface area contributed by atoms with E-state index in [0.29, 0.717) is 30.0 Å². The Morgan fingerprint density at radius 2 is 2.15 bits per heavy atom. The Bertz CT molecular complexity index is 557. The Morgan fingerprint density at radius 3 is 2.70 bits per heavy atom. The highest BCUT2D eigenvalue weighted by atomic mass is 79.9. The zero-order valence-electron chi connectivity index (χ0n) is 11.3. The average molecular weight is 337 g/mol. The topological polar surface area (TPSA) is 73.1 Å². The van der Waals surface area contributed by atoms with Gasteiger partial charge >= 0.3 is 5.97 Å². The molecular weight excluding hydrogens is 320 g/mol. The van der Waals surface area contributed by atoms with Gasteiger partial charge in [-0.25, -0.2) is 4.79 Å². The Kier molecular flexibility index (Phi) is 4.34. The number of anilines is 1. The molecule has 0 bridgehead atoms. The van der Waals surface area contributed by atoms with E-state index in [2.05, 4.69) is 34.2 Å². The minimum absolute atomic E-state index is 0.465. The van der Waals surface area contributed by atoms with Crippen molar-refractivity contribution >= 4 is 27.6 Å². The molecule has 5 heteroatoms. The molecule has 4 nitrogen and oxygen atoms in total. The molecule has 0 aliphatic heterocycles. The lowest BCUT2D eigenvalue weighted by atomic mass is 9.77. The molecule has 1 aromatic rings. The van der Waals surface area contributed by atoms with Crippen LogP contribution < -0.4 is 5.32 Å². The van der Waals surface area contributed by atoms with E-state index in [1.54, 1.807) is 18.2 Å². The molecule has 0 spiro atoms. The summed E-state index contributed by atoms with van der Waals surface area (Å²) in [7, 11) is 0. The average Bonchev–Trinajstić information content (AvgIpc) is 2.41. The van der Waals surface area contributed by atoms with Gasteiger partial charge in [0.05, 0.1) is 11.3 Å². The van der Waals surface area contributed by atoms with Crippen molar-refractivity contribution in [1.29, 1.82) is 5.26 Å². The van der Waals surface area contributed by atoms with E-state index in [-0.39, 0.29) is 0 Å². The van der Waals surface area contributed by atoms with Crippen LogP contribution in [0.25, 0.3) is 0 Å². The molecule has 0 radical (unpaired) electrons. The van der Waals surface area contributed by atoms with Crippen molar-refractivity contribution in [3.8, 4) is 6.07 Å². The summed E-state index contributed by atoms with van der Waals surface area (Å²) in [4.78, 5) is 11.7. The number of benzene rings is 1. The number of carboxylic acid groups (broad SMARTS) is 1. The molecule has 20 heavy (non-hydrogen) atoms. The minimum Gasteiger partial charge on any atom is -0.480 e. The van der Waals surface area contributed by atoms with Crippen LogP contribution in [-0.2, 0) is 4.79 Å². The lowest BCUT2D eigenvalue weighted by molar-refractivity contribution is -0.143. The summed E-state index contributed by atoms with van der Waals surface area (Å²) in [5.74, 6) is -0.282. The number of carboxylic acids is 1. The van der Waals surface area contributed by atoms with E-state index < -0.39 is 11.5 Å². The molecule has 0 atom stereocenters. The van der Waals surface area contributed by atoms with Gasteiger partial charge in [-0.05, 0) is 49.8 Å². The largest absolute Gasteiger partial charge is 0.480 e. The third-order valence-electron chi connectivity index (χ3n) is 4.01. The van der Waals surface area contributed by atoms with Gasteiger partial charge in [0.25, 0.3) is 0 Å². The van der Waals surface area contributed by atoms with E-state index in [4.69, 9.17) is 5.26 Å². The smallest absolute Gasteiger partial charge is 0.329 e. The number of nitrogens with zero attached hydrogens (tertiary/aromatic N) is 1. The van der Waals surface area contributed by atoms with E-state index in [1.165, 1.54) is 0 Å².